The van der Waals surface area contributed by atoms with Crippen LogP contribution in [0.1, 0.15) is 46.0 Å². The van der Waals surface area contributed by atoms with Crippen LogP contribution < -0.4 is 5.73 Å². The molecule has 23 heavy (non-hydrogen) atoms. The van der Waals surface area contributed by atoms with Crippen LogP contribution >= 0.6 is 11.8 Å². The van der Waals surface area contributed by atoms with Crippen molar-refractivity contribution >= 4 is 29.7 Å². The molecule has 1 aliphatic rings. The van der Waals surface area contributed by atoms with Gasteiger partial charge in [-0.1, -0.05) is 26.7 Å². The summed E-state index contributed by atoms with van der Waals surface area (Å²) in [5, 5.41) is -0.351. The van der Waals surface area contributed by atoms with Gasteiger partial charge in [-0.15, -0.1) is 11.8 Å². The van der Waals surface area contributed by atoms with E-state index in [2.05, 4.69) is 0 Å². The minimum absolute atomic E-state index is 0.234. The topological polar surface area (TPSA) is 95.7 Å². The summed E-state index contributed by atoms with van der Waals surface area (Å²) >= 11 is 1.41. The molecule has 130 valence electrons. The first-order valence-electron chi connectivity index (χ1n) is 7.89. The molecule has 2 N–H and O–H groups in total. The summed E-state index contributed by atoms with van der Waals surface area (Å²) in [6, 6.07) is 0. The van der Waals surface area contributed by atoms with Crippen LogP contribution in [0.4, 0.5) is 0 Å². The van der Waals surface area contributed by atoms with Crippen molar-refractivity contribution in [2.75, 3.05) is 12.9 Å². The first-order valence-corrected chi connectivity index (χ1v) is 8.94. The first kappa shape index (κ1) is 19.5. The van der Waals surface area contributed by atoms with E-state index in [0.717, 1.165) is 12.8 Å². The third-order valence-corrected chi connectivity index (χ3v) is 5.11. The number of methoxy groups -OCH3 is 1. The van der Waals surface area contributed by atoms with Gasteiger partial charge in [0.2, 0.25) is 0 Å². The molecule has 2 unspecified atom stereocenters. The Balaban J connectivity index is 2.82. The highest BCUT2D eigenvalue weighted by molar-refractivity contribution is 8.00. The van der Waals surface area contributed by atoms with E-state index >= 15 is 0 Å². The van der Waals surface area contributed by atoms with Gasteiger partial charge in [0.1, 0.15) is 0 Å². The Kier molecular flexibility index (Phi) is 8.16. The van der Waals surface area contributed by atoms with Gasteiger partial charge in [-0.2, -0.15) is 0 Å². The molecular formula is C16H25NO5S. The molecule has 1 aliphatic heterocycles. The number of hydrogen-bond acceptors (Lipinski definition) is 7. The molecule has 1 rings (SSSR count). The minimum atomic E-state index is -0.556. The number of carbonyl (C=O) groups excluding carboxylic acids is 3. The van der Waals surface area contributed by atoms with E-state index < -0.39 is 23.8 Å². The Labute approximate surface area is 141 Å². The number of ether oxygens (including phenoxy) is 2. The van der Waals surface area contributed by atoms with Gasteiger partial charge in [-0.25, -0.2) is 4.79 Å². The van der Waals surface area contributed by atoms with Crippen LogP contribution in [0.2, 0.25) is 0 Å². The van der Waals surface area contributed by atoms with E-state index in [4.69, 9.17) is 15.2 Å². The summed E-state index contributed by atoms with van der Waals surface area (Å²) in [5.41, 5.74) is 6.80. The maximum atomic E-state index is 12.3. The molecule has 0 aromatic carbocycles. The maximum absolute atomic E-state index is 12.3. The largest absolute Gasteiger partial charge is 0.466 e. The van der Waals surface area contributed by atoms with Crippen molar-refractivity contribution in [3.63, 3.8) is 0 Å². The smallest absolute Gasteiger partial charge is 0.336 e. The zero-order valence-electron chi connectivity index (χ0n) is 13.9. The van der Waals surface area contributed by atoms with Crippen LogP contribution in [0, 0.1) is 5.92 Å². The molecule has 1 heterocycles. The molecule has 6 nitrogen and oxygen atoms in total. The zero-order chi connectivity index (χ0) is 17.4. The molecule has 0 radical (unpaired) electrons. The summed E-state index contributed by atoms with van der Waals surface area (Å²) in [6.45, 7) is 3.91. The molecule has 0 aliphatic carbocycles. The lowest BCUT2D eigenvalue weighted by Crippen LogP contribution is -2.32. The average molecular weight is 343 g/mol. The normalized spacial score (nSPS) is 18.7. The number of hydrogen-bond donors (Lipinski definition) is 1. The van der Waals surface area contributed by atoms with Gasteiger partial charge in [-0.3, -0.25) is 9.59 Å². The lowest BCUT2D eigenvalue weighted by Gasteiger charge is -2.21. The summed E-state index contributed by atoms with van der Waals surface area (Å²) < 4.78 is 9.67. The van der Waals surface area contributed by atoms with Crippen molar-refractivity contribution in [3.05, 3.63) is 11.3 Å². The molecule has 0 bridgehead atoms. The number of esters is 3. The third kappa shape index (κ3) is 5.27. The second-order valence-electron chi connectivity index (χ2n) is 5.45. The predicted octanol–water partition coefficient (Wildman–Crippen LogP) is 2.16. The molecular weight excluding hydrogens is 318 g/mol. The lowest BCUT2D eigenvalue weighted by atomic mass is 9.96. The summed E-state index contributed by atoms with van der Waals surface area (Å²) in [5.74, 6) is -1.66. The second-order valence-corrected chi connectivity index (χ2v) is 6.58. The van der Waals surface area contributed by atoms with Crippen LogP contribution in [-0.4, -0.2) is 36.0 Å². The van der Waals surface area contributed by atoms with Gasteiger partial charge < -0.3 is 15.2 Å². The van der Waals surface area contributed by atoms with Crippen LogP contribution in [-0.2, 0) is 23.9 Å². The standard InChI is InChI=1S/C16H25NO5S/c1-4-6-8-12(18)22-16(20)10(7-5-2)14-13(17)11(9-23-14)15(19)21-3/h10,14H,4-9,17H2,1-3H3. The Bertz CT molecular complexity index is 489. The van der Waals surface area contributed by atoms with Crippen molar-refractivity contribution in [1.29, 1.82) is 0 Å². The molecule has 7 heteroatoms. The Morgan fingerprint density at radius 2 is 2.00 bits per heavy atom. The van der Waals surface area contributed by atoms with Gasteiger partial charge >= 0.3 is 17.9 Å². The van der Waals surface area contributed by atoms with E-state index in [1.807, 2.05) is 13.8 Å². The zero-order valence-corrected chi connectivity index (χ0v) is 14.7. The summed E-state index contributed by atoms with van der Waals surface area (Å²) in [4.78, 5) is 35.7. The fourth-order valence-corrected chi connectivity index (χ4v) is 3.85. The fourth-order valence-electron chi connectivity index (χ4n) is 2.41. The molecule has 0 spiro atoms. The average Bonchev–Trinajstić information content (AvgIpc) is 2.91. The highest BCUT2D eigenvalue weighted by Gasteiger charge is 2.38. The number of nitrogens with two attached hydrogens (primary N) is 1. The Morgan fingerprint density at radius 3 is 2.57 bits per heavy atom. The molecule has 0 aromatic heterocycles. The molecule has 2 atom stereocenters. The quantitative estimate of drug-likeness (QED) is 0.533. The van der Waals surface area contributed by atoms with E-state index in [1.54, 1.807) is 0 Å². The molecule has 0 saturated heterocycles. The lowest BCUT2D eigenvalue weighted by molar-refractivity contribution is -0.162. The SMILES string of the molecule is CCCCC(=O)OC(=O)C(CCC)C1SCC(C(=O)OC)=C1N. The van der Waals surface area contributed by atoms with E-state index in [0.29, 0.717) is 29.9 Å². The van der Waals surface area contributed by atoms with Crippen LogP contribution in [0.5, 0.6) is 0 Å². The van der Waals surface area contributed by atoms with E-state index in [-0.39, 0.29) is 11.7 Å². The van der Waals surface area contributed by atoms with Gasteiger partial charge in [0.25, 0.3) is 0 Å². The highest BCUT2D eigenvalue weighted by Crippen LogP contribution is 2.37. The van der Waals surface area contributed by atoms with E-state index in [1.165, 1.54) is 18.9 Å². The van der Waals surface area contributed by atoms with Gasteiger partial charge in [0, 0.05) is 17.9 Å². The van der Waals surface area contributed by atoms with E-state index in [9.17, 15) is 14.4 Å². The van der Waals surface area contributed by atoms with Crippen LogP contribution in [0.25, 0.3) is 0 Å². The molecule has 0 fully saturated rings. The van der Waals surface area contributed by atoms with Crippen molar-refractivity contribution in [1.82, 2.24) is 0 Å². The van der Waals surface area contributed by atoms with Crippen LogP contribution in [0.3, 0.4) is 0 Å². The number of thioether (sulfide) groups is 1. The summed E-state index contributed by atoms with van der Waals surface area (Å²) in [7, 11) is 1.30. The minimum Gasteiger partial charge on any atom is -0.466 e. The molecule has 0 aromatic rings. The van der Waals surface area contributed by atoms with Crippen molar-refractivity contribution in [2.45, 2.75) is 51.2 Å². The number of unbranched alkanes of at least 4 members (excludes halogenated alkanes) is 1. The van der Waals surface area contributed by atoms with Gasteiger partial charge in [0.15, 0.2) is 0 Å². The van der Waals surface area contributed by atoms with Crippen molar-refractivity contribution in [2.24, 2.45) is 11.7 Å². The predicted molar refractivity (Wildman–Crippen MR) is 88.5 cm³/mol. The van der Waals surface area contributed by atoms with Crippen molar-refractivity contribution < 1.29 is 23.9 Å². The molecule has 0 amide bonds. The Hall–Kier alpha value is -1.50. The first-order chi connectivity index (χ1) is 11.0. The van der Waals surface area contributed by atoms with Gasteiger partial charge in [-0.05, 0) is 12.8 Å². The molecule has 0 saturated carbocycles. The number of carbonyl (C=O) groups is 3. The highest BCUT2D eigenvalue weighted by atomic mass is 32.2. The number of rotatable bonds is 8. The maximum Gasteiger partial charge on any atom is 0.336 e. The van der Waals surface area contributed by atoms with Crippen molar-refractivity contribution in [3.8, 4) is 0 Å². The second kappa shape index (κ2) is 9.60. The fraction of sp³-hybridized carbons (Fsp3) is 0.688. The monoisotopic (exact) mass is 343 g/mol. The van der Waals surface area contributed by atoms with Gasteiger partial charge in [0.05, 0.1) is 23.9 Å². The summed E-state index contributed by atoms with van der Waals surface area (Å²) in [6.07, 6.45) is 3.08. The Morgan fingerprint density at radius 1 is 1.30 bits per heavy atom. The van der Waals surface area contributed by atoms with Crippen LogP contribution in [0.15, 0.2) is 11.3 Å². The third-order valence-electron chi connectivity index (χ3n) is 3.71.